The van der Waals surface area contributed by atoms with Crippen LogP contribution in [0.5, 0.6) is 17.2 Å². The lowest BCUT2D eigenvalue weighted by Gasteiger charge is -2.03. The molecule has 0 heterocycles. The van der Waals surface area contributed by atoms with Gasteiger partial charge in [0.1, 0.15) is 5.75 Å². The van der Waals surface area contributed by atoms with Crippen molar-refractivity contribution >= 4 is 16.1 Å². The summed E-state index contributed by atoms with van der Waals surface area (Å²) in [5.41, 5.74) is 0. The van der Waals surface area contributed by atoms with Crippen molar-refractivity contribution in [3.8, 4) is 17.2 Å². The number of carbonyl (C=O) groups is 1. The summed E-state index contributed by atoms with van der Waals surface area (Å²) in [6.07, 6.45) is 0.981. The van der Waals surface area contributed by atoms with Crippen molar-refractivity contribution in [3.63, 3.8) is 0 Å². The van der Waals surface area contributed by atoms with E-state index in [-0.39, 0.29) is 29.6 Å². The summed E-state index contributed by atoms with van der Waals surface area (Å²) >= 11 is 0. The molecule has 0 saturated carbocycles. The molecule has 0 unspecified atom stereocenters. The predicted molar refractivity (Wildman–Crippen MR) is 63.2 cm³/mol. The van der Waals surface area contributed by atoms with Gasteiger partial charge in [0.25, 0.3) is 10.1 Å². The second-order valence-corrected chi connectivity index (χ2v) is 4.68. The first kappa shape index (κ1) is 16.2. The van der Waals surface area contributed by atoms with Crippen LogP contribution < -0.4 is 4.74 Å². The summed E-state index contributed by atoms with van der Waals surface area (Å²) in [6.45, 7) is 1.67. The van der Waals surface area contributed by atoms with Crippen LogP contribution in [0.3, 0.4) is 0 Å². The minimum absolute atomic E-state index is 0.224. The van der Waals surface area contributed by atoms with Gasteiger partial charge in [-0.2, -0.15) is 8.42 Å². The molecule has 1 aromatic carbocycles. The van der Waals surface area contributed by atoms with E-state index in [0.717, 1.165) is 0 Å². The number of benzene rings is 1. The molecule has 0 fully saturated rings. The quantitative estimate of drug-likeness (QED) is 0.318. The van der Waals surface area contributed by atoms with Crippen molar-refractivity contribution in [1.29, 1.82) is 0 Å². The zero-order valence-corrected chi connectivity index (χ0v) is 10.6. The molecule has 0 saturated heterocycles. The van der Waals surface area contributed by atoms with Crippen LogP contribution in [-0.2, 0) is 14.9 Å². The number of esters is 1. The Morgan fingerprint density at radius 1 is 1.28 bits per heavy atom. The minimum atomic E-state index is -3.67. The lowest BCUT2D eigenvalue weighted by molar-refractivity contribution is -0.134. The van der Waals surface area contributed by atoms with Gasteiger partial charge in [-0.25, -0.2) is 0 Å². The van der Waals surface area contributed by atoms with Gasteiger partial charge in [0.2, 0.25) is 0 Å². The van der Waals surface area contributed by atoms with Gasteiger partial charge in [0, 0.05) is 12.5 Å². The first-order chi connectivity index (χ1) is 8.13. The molecule has 0 atom stereocenters. The monoisotopic (exact) mass is 278 g/mol. The van der Waals surface area contributed by atoms with Crippen LogP contribution in [0.15, 0.2) is 18.2 Å². The molecule has 0 bridgehead atoms. The standard InChI is InChI=1S/C9H10O4.CH4O3S/c1-2-9(12)13-6-3-4-7(10)8(11)5-6;1-5(2,3)4/h3-5,10-11H,2H2,1H3;1H3,(H,2,3,4). The maximum absolute atomic E-state index is 10.8. The number of hydrogen-bond acceptors (Lipinski definition) is 6. The number of phenolic OH excluding ortho intramolecular Hbond substituents is 2. The maximum atomic E-state index is 10.8. The highest BCUT2D eigenvalue weighted by molar-refractivity contribution is 7.85. The van der Waals surface area contributed by atoms with Gasteiger partial charge < -0.3 is 14.9 Å². The van der Waals surface area contributed by atoms with Crippen LogP contribution >= 0.6 is 0 Å². The summed E-state index contributed by atoms with van der Waals surface area (Å²) in [4.78, 5) is 10.8. The first-order valence-electron chi connectivity index (χ1n) is 4.78. The lowest BCUT2D eigenvalue weighted by Crippen LogP contribution is -2.05. The van der Waals surface area contributed by atoms with Gasteiger partial charge in [0.05, 0.1) is 6.26 Å². The van der Waals surface area contributed by atoms with Crippen molar-refractivity contribution in [2.24, 2.45) is 0 Å². The van der Waals surface area contributed by atoms with Gasteiger partial charge in [0.15, 0.2) is 11.5 Å². The summed E-state index contributed by atoms with van der Waals surface area (Å²) in [6, 6.07) is 3.85. The molecule has 0 aliphatic carbocycles. The normalized spacial score (nSPS) is 10.2. The highest BCUT2D eigenvalue weighted by Gasteiger charge is 2.04. The predicted octanol–water partition coefficient (Wildman–Crippen LogP) is 0.917. The van der Waals surface area contributed by atoms with E-state index >= 15 is 0 Å². The smallest absolute Gasteiger partial charge is 0.310 e. The van der Waals surface area contributed by atoms with Crippen LogP contribution in [-0.4, -0.2) is 35.4 Å². The number of rotatable bonds is 2. The molecule has 8 heteroatoms. The Morgan fingerprint density at radius 3 is 2.17 bits per heavy atom. The van der Waals surface area contributed by atoms with Crippen LogP contribution in [0.25, 0.3) is 0 Å². The van der Waals surface area contributed by atoms with E-state index < -0.39 is 10.1 Å². The minimum Gasteiger partial charge on any atom is -0.504 e. The van der Waals surface area contributed by atoms with Crippen LogP contribution in [0, 0.1) is 0 Å². The highest BCUT2D eigenvalue weighted by Crippen LogP contribution is 2.28. The summed E-state index contributed by atoms with van der Waals surface area (Å²) in [5, 5.41) is 18.0. The topological polar surface area (TPSA) is 121 Å². The van der Waals surface area contributed by atoms with E-state index in [1.54, 1.807) is 6.92 Å². The first-order valence-corrected chi connectivity index (χ1v) is 6.63. The van der Waals surface area contributed by atoms with E-state index in [9.17, 15) is 13.2 Å². The van der Waals surface area contributed by atoms with Gasteiger partial charge in [-0.1, -0.05) is 6.92 Å². The Bertz CT molecular complexity index is 499. The van der Waals surface area contributed by atoms with E-state index in [1.807, 2.05) is 0 Å². The number of phenols is 2. The highest BCUT2D eigenvalue weighted by atomic mass is 32.2. The largest absolute Gasteiger partial charge is 0.504 e. The molecular weight excluding hydrogens is 264 g/mol. The Balaban J connectivity index is 0.000000494. The summed E-state index contributed by atoms with van der Waals surface area (Å²) in [7, 11) is -3.67. The lowest BCUT2D eigenvalue weighted by atomic mass is 10.3. The molecule has 7 nitrogen and oxygen atoms in total. The SMILES string of the molecule is CCC(=O)Oc1ccc(O)c(O)c1.CS(=O)(=O)O. The number of ether oxygens (including phenoxy) is 1. The van der Waals surface area contributed by atoms with Crippen molar-refractivity contribution in [3.05, 3.63) is 18.2 Å². The van der Waals surface area contributed by atoms with E-state index in [4.69, 9.17) is 19.5 Å². The Labute approximate surface area is 104 Å². The molecular formula is C10H14O7S. The molecule has 0 amide bonds. The Morgan fingerprint density at radius 2 is 1.78 bits per heavy atom. The van der Waals surface area contributed by atoms with Crippen molar-refractivity contribution in [2.45, 2.75) is 13.3 Å². The molecule has 0 radical (unpaired) electrons. The fourth-order valence-corrected chi connectivity index (χ4v) is 0.770. The van der Waals surface area contributed by atoms with Crippen LogP contribution in [0.4, 0.5) is 0 Å². The Kier molecular flexibility index (Phi) is 6.14. The molecule has 102 valence electrons. The second kappa shape index (κ2) is 6.82. The third-order valence-corrected chi connectivity index (χ3v) is 1.47. The van der Waals surface area contributed by atoms with Gasteiger partial charge in [-0.15, -0.1) is 0 Å². The van der Waals surface area contributed by atoms with Gasteiger partial charge in [-0.3, -0.25) is 9.35 Å². The molecule has 3 N–H and O–H groups in total. The molecule has 0 spiro atoms. The van der Waals surface area contributed by atoms with E-state index in [0.29, 0.717) is 6.26 Å². The molecule has 18 heavy (non-hydrogen) atoms. The maximum Gasteiger partial charge on any atom is 0.310 e. The number of carbonyl (C=O) groups excluding carboxylic acids is 1. The van der Waals surface area contributed by atoms with E-state index in [2.05, 4.69) is 0 Å². The van der Waals surface area contributed by atoms with Crippen molar-refractivity contribution in [1.82, 2.24) is 0 Å². The van der Waals surface area contributed by atoms with Crippen molar-refractivity contribution in [2.75, 3.05) is 6.26 Å². The summed E-state index contributed by atoms with van der Waals surface area (Å²) in [5.74, 6) is -0.704. The molecule has 0 aliphatic rings. The summed E-state index contributed by atoms with van der Waals surface area (Å²) < 4.78 is 30.7. The molecule has 0 aromatic heterocycles. The number of aromatic hydroxyl groups is 2. The third-order valence-electron chi connectivity index (χ3n) is 1.47. The fraction of sp³-hybridized carbons (Fsp3) is 0.300. The average Bonchev–Trinajstić information content (AvgIpc) is 2.21. The molecule has 1 rings (SSSR count). The number of hydrogen-bond donors (Lipinski definition) is 3. The van der Waals surface area contributed by atoms with Crippen molar-refractivity contribution < 1.29 is 32.7 Å². The zero-order valence-electron chi connectivity index (χ0n) is 9.82. The van der Waals surface area contributed by atoms with E-state index in [1.165, 1.54) is 18.2 Å². The van der Waals surface area contributed by atoms with Crippen LogP contribution in [0.2, 0.25) is 0 Å². The average molecular weight is 278 g/mol. The third kappa shape index (κ3) is 8.36. The fourth-order valence-electron chi connectivity index (χ4n) is 0.770. The van der Waals surface area contributed by atoms with Crippen LogP contribution in [0.1, 0.15) is 13.3 Å². The Hall–Kier alpha value is -1.80. The molecule has 0 aliphatic heterocycles. The van der Waals surface area contributed by atoms with Gasteiger partial charge >= 0.3 is 5.97 Å². The second-order valence-electron chi connectivity index (χ2n) is 3.21. The van der Waals surface area contributed by atoms with Gasteiger partial charge in [-0.05, 0) is 12.1 Å². The zero-order chi connectivity index (χ0) is 14.3. The molecule has 1 aromatic rings.